The second-order valence-electron chi connectivity index (χ2n) is 11.0. The predicted molar refractivity (Wildman–Crippen MR) is 173 cm³/mol. The fourth-order valence-corrected chi connectivity index (χ4v) is 6.31. The van der Waals surface area contributed by atoms with Crippen LogP contribution in [0, 0.1) is 25.2 Å². The van der Waals surface area contributed by atoms with Gasteiger partial charge in [0.25, 0.3) is 5.56 Å². The van der Waals surface area contributed by atoms with Crippen molar-refractivity contribution in [1.29, 1.82) is 5.26 Å². The zero-order chi connectivity index (χ0) is 29.9. The van der Waals surface area contributed by atoms with Crippen LogP contribution in [0.3, 0.4) is 0 Å². The topological polar surface area (TPSA) is 85.2 Å². The Labute approximate surface area is 259 Å². The number of rotatable bonds is 7. The molecule has 0 amide bonds. The number of benzene rings is 3. The summed E-state index contributed by atoms with van der Waals surface area (Å²) in [5.74, 6) is 1.69. The smallest absolute Gasteiger partial charge is 0.282 e. The Hall–Kier alpha value is -4.48. The van der Waals surface area contributed by atoms with Gasteiger partial charge in [-0.3, -0.25) is 4.79 Å². The van der Waals surface area contributed by atoms with Gasteiger partial charge in [0, 0.05) is 38.6 Å². The number of hydrogen-bond acceptors (Lipinski definition) is 5. The van der Waals surface area contributed by atoms with Gasteiger partial charge in [0.2, 0.25) is 0 Å². The number of halogens is 1. The lowest BCUT2D eigenvalue weighted by Crippen LogP contribution is -2.25. The quantitative estimate of drug-likeness (QED) is 0.170. The lowest BCUT2D eigenvalue weighted by Gasteiger charge is -2.22. The third kappa shape index (κ3) is 5.91. The average molecular weight is 635 g/mol. The van der Waals surface area contributed by atoms with Crippen molar-refractivity contribution in [2.45, 2.75) is 58.5 Å². The molecule has 0 aliphatic heterocycles. The SMILES string of the molecule is Cc1cc(C=Nn2c(C3CCCCC3)nc3ccc(Br)cc3c2=O)c(C)n1-c1ccc(OCc2ccccc2C#N)cc1. The molecule has 1 fully saturated rings. The van der Waals surface area contributed by atoms with E-state index >= 15 is 0 Å². The van der Waals surface area contributed by atoms with Crippen LogP contribution in [0.4, 0.5) is 0 Å². The fourth-order valence-electron chi connectivity index (χ4n) is 5.95. The molecular weight excluding hydrogens is 602 g/mol. The van der Waals surface area contributed by atoms with Crippen LogP contribution in [-0.4, -0.2) is 20.4 Å². The van der Waals surface area contributed by atoms with Crippen molar-refractivity contribution in [1.82, 2.24) is 14.2 Å². The van der Waals surface area contributed by atoms with Crippen molar-refractivity contribution in [3.63, 3.8) is 0 Å². The van der Waals surface area contributed by atoms with Crippen molar-refractivity contribution >= 4 is 33.0 Å². The zero-order valence-electron chi connectivity index (χ0n) is 24.3. The van der Waals surface area contributed by atoms with Crippen LogP contribution in [0.5, 0.6) is 5.75 Å². The van der Waals surface area contributed by atoms with E-state index in [2.05, 4.69) is 46.5 Å². The summed E-state index contributed by atoms with van der Waals surface area (Å²) in [6.45, 7) is 4.44. The lowest BCUT2D eigenvalue weighted by atomic mass is 9.88. The van der Waals surface area contributed by atoms with Crippen molar-refractivity contribution in [3.05, 3.63) is 122 Å². The Morgan fingerprint density at radius 3 is 2.58 bits per heavy atom. The molecule has 1 aliphatic carbocycles. The maximum atomic E-state index is 13.7. The number of nitriles is 1. The highest BCUT2D eigenvalue weighted by atomic mass is 79.9. The third-order valence-corrected chi connectivity index (χ3v) is 8.71. The summed E-state index contributed by atoms with van der Waals surface area (Å²) < 4.78 is 10.5. The molecule has 216 valence electrons. The van der Waals surface area contributed by atoms with Gasteiger partial charge in [0.05, 0.1) is 28.8 Å². The normalized spacial score (nSPS) is 13.9. The van der Waals surface area contributed by atoms with E-state index in [4.69, 9.17) is 14.8 Å². The molecule has 0 N–H and O–H groups in total. The molecule has 2 heterocycles. The summed E-state index contributed by atoms with van der Waals surface area (Å²) in [4.78, 5) is 18.7. The minimum absolute atomic E-state index is 0.148. The predicted octanol–water partition coefficient (Wildman–Crippen LogP) is 7.95. The molecular formula is C35H32BrN5O2. The first kappa shape index (κ1) is 28.6. The van der Waals surface area contributed by atoms with Crippen LogP contribution in [0.15, 0.2) is 87.2 Å². The second-order valence-corrected chi connectivity index (χ2v) is 12.0. The maximum Gasteiger partial charge on any atom is 0.282 e. The van der Waals surface area contributed by atoms with Crippen LogP contribution in [0.1, 0.15) is 71.9 Å². The second kappa shape index (κ2) is 12.4. The molecule has 8 heteroatoms. The lowest BCUT2D eigenvalue weighted by molar-refractivity contribution is 0.306. The number of aryl methyl sites for hydroxylation is 1. The van der Waals surface area contributed by atoms with E-state index < -0.39 is 0 Å². The third-order valence-electron chi connectivity index (χ3n) is 8.21. The zero-order valence-corrected chi connectivity index (χ0v) is 25.8. The number of fused-ring (bicyclic) bond motifs is 1. The molecule has 7 nitrogen and oxygen atoms in total. The van der Waals surface area contributed by atoms with Crippen LogP contribution in [0.25, 0.3) is 16.6 Å². The largest absolute Gasteiger partial charge is 0.489 e. The molecule has 0 atom stereocenters. The molecule has 0 radical (unpaired) electrons. The molecule has 3 aromatic carbocycles. The van der Waals surface area contributed by atoms with Gasteiger partial charge in [-0.05, 0) is 81.3 Å². The highest BCUT2D eigenvalue weighted by Crippen LogP contribution is 2.32. The minimum atomic E-state index is -0.148. The summed E-state index contributed by atoms with van der Waals surface area (Å²) in [7, 11) is 0. The molecule has 43 heavy (non-hydrogen) atoms. The molecule has 0 saturated heterocycles. The summed E-state index contributed by atoms with van der Waals surface area (Å²) >= 11 is 3.50. The van der Waals surface area contributed by atoms with Crippen LogP contribution < -0.4 is 10.3 Å². The van der Waals surface area contributed by atoms with Gasteiger partial charge >= 0.3 is 0 Å². The molecule has 6 rings (SSSR count). The Morgan fingerprint density at radius 1 is 1.05 bits per heavy atom. The molecule has 1 saturated carbocycles. The van der Waals surface area contributed by atoms with Crippen LogP contribution in [0.2, 0.25) is 0 Å². The van der Waals surface area contributed by atoms with Crippen molar-refractivity contribution in [2.24, 2.45) is 5.10 Å². The maximum absolute atomic E-state index is 13.7. The summed E-state index contributed by atoms with van der Waals surface area (Å²) in [5.41, 5.74) is 6.03. The van der Waals surface area contributed by atoms with E-state index in [-0.39, 0.29) is 11.5 Å². The van der Waals surface area contributed by atoms with Crippen LogP contribution in [-0.2, 0) is 6.61 Å². The van der Waals surface area contributed by atoms with Gasteiger partial charge < -0.3 is 9.30 Å². The Kier molecular flexibility index (Phi) is 8.26. The van der Waals surface area contributed by atoms with Crippen LogP contribution >= 0.6 is 15.9 Å². The molecule has 0 unspecified atom stereocenters. The highest BCUT2D eigenvalue weighted by Gasteiger charge is 2.22. The van der Waals surface area contributed by atoms with Gasteiger partial charge in [-0.15, -0.1) is 0 Å². The van der Waals surface area contributed by atoms with E-state index in [1.807, 2.05) is 60.7 Å². The van der Waals surface area contributed by atoms with E-state index in [1.165, 1.54) is 11.1 Å². The molecule has 1 aliphatic rings. The number of hydrogen-bond donors (Lipinski definition) is 0. The number of aromatic nitrogens is 3. The van der Waals surface area contributed by atoms with E-state index in [0.717, 1.165) is 69.9 Å². The van der Waals surface area contributed by atoms with Gasteiger partial charge in [-0.25, -0.2) is 4.98 Å². The average Bonchev–Trinajstić information content (AvgIpc) is 3.32. The van der Waals surface area contributed by atoms with Gasteiger partial charge in [0.1, 0.15) is 18.2 Å². The Morgan fingerprint density at radius 2 is 1.81 bits per heavy atom. The summed E-state index contributed by atoms with van der Waals surface area (Å²) in [6.07, 6.45) is 7.31. The number of ether oxygens (including phenoxy) is 1. The summed E-state index contributed by atoms with van der Waals surface area (Å²) in [5, 5.41) is 14.7. The van der Waals surface area contributed by atoms with E-state index in [1.54, 1.807) is 12.3 Å². The van der Waals surface area contributed by atoms with Crippen molar-refractivity contribution in [2.75, 3.05) is 0 Å². The molecule has 0 bridgehead atoms. The molecule has 2 aromatic heterocycles. The Bertz CT molecular complexity index is 1930. The Balaban J connectivity index is 1.29. The first-order chi connectivity index (χ1) is 20.9. The first-order valence-corrected chi connectivity index (χ1v) is 15.4. The molecule has 5 aromatic rings. The van der Waals surface area contributed by atoms with E-state index in [9.17, 15) is 10.1 Å². The fraction of sp³-hybridized carbons (Fsp3) is 0.257. The standard InChI is InChI=1S/C35H32BrN5O2/c1-23-18-28(24(2)40(23)30-13-15-31(16-14-30)43-22-27-11-7-6-10-26(27)20-37)21-38-41-34(25-8-4-3-5-9-25)39-33-17-12-29(36)19-32(33)35(41)42/h6-7,10-19,21,25H,3-5,8-9,22H2,1-2H3. The van der Waals surface area contributed by atoms with E-state index in [0.29, 0.717) is 23.1 Å². The van der Waals surface area contributed by atoms with Crippen molar-refractivity contribution in [3.8, 4) is 17.5 Å². The number of nitrogens with zero attached hydrogens (tertiary/aromatic N) is 5. The van der Waals surface area contributed by atoms with Crippen molar-refractivity contribution < 1.29 is 4.74 Å². The summed E-state index contributed by atoms with van der Waals surface area (Å²) in [6, 6.07) is 25.3. The highest BCUT2D eigenvalue weighted by molar-refractivity contribution is 9.10. The minimum Gasteiger partial charge on any atom is -0.489 e. The van der Waals surface area contributed by atoms with Gasteiger partial charge in [0.15, 0.2) is 0 Å². The first-order valence-electron chi connectivity index (χ1n) is 14.6. The van der Waals surface area contributed by atoms with Gasteiger partial charge in [-0.1, -0.05) is 53.4 Å². The van der Waals surface area contributed by atoms with Gasteiger partial charge in [-0.2, -0.15) is 15.0 Å². The monoisotopic (exact) mass is 633 g/mol. The molecule has 0 spiro atoms.